The van der Waals surface area contributed by atoms with Crippen LogP contribution in [-0.2, 0) is 24.3 Å². The zero-order valence-electron chi connectivity index (χ0n) is 16.3. The lowest BCUT2D eigenvalue weighted by Gasteiger charge is -2.22. The Kier molecular flexibility index (Phi) is 6.99. The van der Waals surface area contributed by atoms with Crippen LogP contribution in [-0.4, -0.2) is 22.5 Å². The SMILES string of the molecule is Cc1cccc(CN(CCC(=O)O)Cc2cccc(Cc3ccccc3)c2)c1. The Balaban J connectivity index is 1.72. The molecule has 0 aliphatic heterocycles. The van der Waals surface area contributed by atoms with E-state index in [4.69, 9.17) is 5.11 Å². The molecule has 1 N–H and O–H groups in total. The van der Waals surface area contributed by atoms with Crippen LogP contribution in [0.1, 0.15) is 34.2 Å². The van der Waals surface area contributed by atoms with E-state index in [-0.39, 0.29) is 6.42 Å². The minimum absolute atomic E-state index is 0.148. The number of carbonyl (C=O) groups is 1. The van der Waals surface area contributed by atoms with E-state index in [1.165, 1.54) is 27.8 Å². The van der Waals surface area contributed by atoms with Crippen molar-refractivity contribution in [2.75, 3.05) is 6.54 Å². The number of nitrogens with zero attached hydrogens (tertiary/aromatic N) is 1. The van der Waals surface area contributed by atoms with E-state index in [0.717, 1.165) is 19.5 Å². The monoisotopic (exact) mass is 373 g/mol. The lowest BCUT2D eigenvalue weighted by molar-refractivity contribution is -0.137. The number of aryl methyl sites for hydroxylation is 1. The molecular formula is C25H27NO2. The molecule has 0 saturated heterocycles. The van der Waals surface area contributed by atoms with Gasteiger partial charge in [-0.25, -0.2) is 0 Å². The molecule has 0 atom stereocenters. The van der Waals surface area contributed by atoms with E-state index in [1.54, 1.807) is 0 Å². The molecule has 0 heterocycles. The topological polar surface area (TPSA) is 40.5 Å². The van der Waals surface area contributed by atoms with Gasteiger partial charge in [-0.2, -0.15) is 0 Å². The number of benzene rings is 3. The number of carboxylic acids is 1. The summed E-state index contributed by atoms with van der Waals surface area (Å²) in [7, 11) is 0. The summed E-state index contributed by atoms with van der Waals surface area (Å²) in [6.07, 6.45) is 1.05. The van der Waals surface area contributed by atoms with Gasteiger partial charge in [0.25, 0.3) is 0 Å². The van der Waals surface area contributed by atoms with Crippen LogP contribution in [0.15, 0.2) is 78.9 Å². The fraction of sp³-hybridized carbons (Fsp3) is 0.240. The van der Waals surface area contributed by atoms with E-state index >= 15 is 0 Å². The second-order valence-corrected chi connectivity index (χ2v) is 7.33. The molecule has 0 amide bonds. The van der Waals surface area contributed by atoms with Crippen LogP contribution in [0.4, 0.5) is 0 Å². The van der Waals surface area contributed by atoms with Gasteiger partial charge in [-0.1, -0.05) is 84.4 Å². The summed E-state index contributed by atoms with van der Waals surface area (Å²) in [5, 5.41) is 9.12. The maximum absolute atomic E-state index is 11.1. The molecule has 0 aliphatic carbocycles. The van der Waals surface area contributed by atoms with Crippen molar-refractivity contribution < 1.29 is 9.90 Å². The van der Waals surface area contributed by atoms with Crippen LogP contribution < -0.4 is 0 Å². The summed E-state index contributed by atoms with van der Waals surface area (Å²) in [6.45, 7) is 4.10. The van der Waals surface area contributed by atoms with Crippen molar-refractivity contribution in [3.8, 4) is 0 Å². The maximum atomic E-state index is 11.1. The summed E-state index contributed by atoms with van der Waals surface area (Å²) >= 11 is 0. The van der Waals surface area contributed by atoms with Crippen molar-refractivity contribution >= 4 is 5.97 Å². The fourth-order valence-electron chi connectivity index (χ4n) is 3.46. The fourth-order valence-corrected chi connectivity index (χ4v) is 3.46. The van der Waals surface area contributed by atoms with Crippen molar-refractivity contribution in [2.45, 2.75) is 32.9 Å². The number of hydrogen-bond acceptors (Lipinski definition) is 2. The van der Waals surface area contributed by atoms with Gasteiger partial charge in [-0.15, -0.1) is 0 Å². The van der Waals surface area contributed by atoms with Crippen molar-refractivity contribution in [3.63, 3.8) is 0 Å². The molecule has 0 fully saturated rings. The summed E-state index contributed by atoms with van der Waals surface area (Å²) in [4.78, 5) is 13.3. The van der Waals surface area contributed by atoms with Crippen LogP contribution in [0.2, 0.25) is 0 Å². The molecule has 0 bridgehead atoms. The molecule has 144 valence electrons. The first-order valence-corrected chi connectivity index (χ1v) is 9.70. The van der Waals surface area contributed by atoms with Gasteiger partial charge in [-0.05, 0) is 35.6 Å². The van der Waals surface area contributed by atoms with E-state index in [9.17, 15) is 4.79 Å². The highest BCUT2D eigenvalue weighted by molar-refractivity contribution is 5.66. The molecule has 0 spiro atoms. The first-order chi connectivity index (χ1) is 13.6. The smallest absolute Gasteiger partial charge is 0.304 e. The van der Waals surface area contributed by atoms with Crippen molar-refractivity contribution in [3.05, 3.63) is 107 Å². The third-order valence-corrected chi connectivity index (χ3v) is 4.78. The minimum atomic E-state index is -0.757. The van der Waals surface area contributed by atoms with Gasteiger partial charge < -0.3 is 5.11 Å². The summed E-state index contributed by atoms with van der Waals surface area (Å²) in [5.74, 6) is -0.757. The van der Waals surface area contributed by atoms with Gasteiger partial charge in [0.1, 0.15) is 0 Å². The Hall–Kier alpha value is -2.91. The highest BCUT2D eigenvalue weighted by Gasteiger charge is 2.10. The van der Waals surface area contributed by atoms with Crippen LogP contribution in [0.5, 0.6) is 0 Å². The van der Waals surface area contributed by atoms with Crippen LogP contribution in [0.3, 0.4) is 0 Å². The Morgan fingerprint density at radius 3 is 2.07 bits per heavy atom. The molecule has 3 heteroatoms. The zero-order chi connectivity index (χ0) is 19.8. The summed E-state index contributed by atoms with van der Waals surface area (Å²) in [6, 6.07) is 27.5. The highest BCUT2D eigenvalue weighted by atomic mass is 16.4. The van der Waals surface area contributed by atoms with E-state index in [0.29, 0.717) is 6.54 Å². The quantitative estimate of drug-likeness (QED) is 0.570. The Morgan fingerprint density at radius 1 is 0.786 bits per heavy atom. The van der Waals surface area contributed by atoms with E-state index < -0.39 is 5.97 Å². The predicted molar refractivity (Wildman–Crippen MR) is 113 cm³/mol. The Bertz CT molecular complexity index is 905. The van der Waals surface area contributed by atoms with E-state index in [2.05, 4.69) is 84.6 Å². The first kappa shape index (κ1) is 19.8. The Labute approximate surface area is 167 Å². The maximum Gasteiger partial charge on any atom is 0.304 e. The molecule has 3 aromatic carbocycles. The van der Waals surface area contributed by atoms with Crippen LogP contribution >= 0.6 is 0 Å². The van der Waals surface area contributed by atoms with Crippen LogP contribution in [0, 0.1) is 6.92 Å². The molecule has 3 aromatic rings. The normalized spacial score (nSPS) is 10.9. The number of aliphatic carboxylic acids is 1. The van der Waals surface area contributed by atoms with Gasteiger partial charge in [0.15, 0.2) is 0 Å². The predicted octanol–water partition coefficient (Wildman–Crippen LogP) is 5.06. The third kappa shape index (κ3) is 6.36. The van der Waals surface area contributed by atoms with Crippen molar-refractivity contribution in [1.82, 2.24) is 4.90 Å². The third-order valence-electron chi connectivity index (χ3n) is 4.78. The first-order valence-electron chi connectivity index (χ1n) is 9.70. The molecule has 0 radical (unpaired) electrons. The zero-order valence-corrected chi connectivity index (χ0v) is 16.3. The van der Waals surface area contributed by atoms with Gasteiger partial charge in [0, 0.05) is 19.6 Å². The van der Waals surface area contributed by atoms with Crippen LogP contribution in [0.25, 0.3) is 0 Å². The van der Waals surface area contributed by atoms with Crippen molar-refractivity contribution in [1.29, 1.82) is 0 Å². The molecule has 3 nitrogen and oxygen atoms in total. The minimum Gasteiger partial charge on any atom is -0.481 e. The van der Waals surface area contributed by atoms with Gasteiger partial charge in [-0.3, -0.25) is 9.69 Å². The second-order valence-electron chi connectivity index (χ2n) is 7.33. The Morgan fingerprint density at radius 2 is 1.39 bits per heavy atom. The van der Waals surface area contributed by atoms with Crippen molar-refractivity contribution in [2.24, 2.45) is 0 Å². The molecule has 0 saturated carbocycles. The second kappa shape index (κ2) is 9.86. The van der Waals surface area contributed by atoms with Gasteiger partial charge in [0.05, 0.1) is 6.42 Å². The average molecular weight is 373 g/mol. The lowest BCUT2D eigenvalue weighted by atomic mass is 10.0. The molecular weight excluding hydrogens is 346 g/mol. The summed E-state index contributed by atoms with van der Waals surface area (Å²) < 4.78 is 0. The largest absolute Gasteiger partial charge is 0.481 e. The number of carboxylic acid groups (broad SMARTS) is 1. The standard InChI is InChI=1S/C25H27NO2/c1-20-7-5-11-23(15-20)18-26(14-13-25(27)28)19-24-12-6-10-22(17-24)16-21-8-3-2-4-9-21/h2-12,15,17H,13-14,16,18-19H2,1H3,(H,27,28). The molecule has 0 aromatic heterocycles. The molecule has 3 rings (SSSR count). The average Bonchev–Trinajstić information content (AvgIpc) is 2.67. The highest BCUT2D eigenvalue weighted by Crippen LogP contribution is 2.15. The molecule has 28 heavy (non-hydrogen) atoms. The molecule has 0 aliphatic rings. The number of rotatable bonds is 9. The summed E-state index contributed by atoms with van der Waals surface area (Å²) in [5.41, 5.74) is 6.22. The van der Waals surface area contributed by atoms with E-state index in [1.807, 2.05) is 6.07 Å². The number of hydrogen-bond donors (Lipinski definition) is 1. The lowest BCUT2D eigenvalue weighted by Crippen LogP contribution is -2.25. The molecule has 0 unspecified atom stereocenters. The van der Waals surface area contributed by atoms with Gasteiger partial charge >= 0.3 is 5.97 Å². The van der Waals surface area contributed by atoms with Gasteiger partial charge in [0.2, 0.25) is 0 Å².